The van der Waals surface area contributed by atoms with E-state index < -0.39 is 12.6 Å². The van der Waals surface area contributed by atoms with Crippen molar-refractivity contribution in [3.05, 3.63) is 29.8 Å². The third-order valence-corrected chi connectivity index (χ3v) is 3.60. The number of ether oxygens (including phenoxy) is 1. The molecule has 1 fully saturated rings. The Morgan fingerprint density at radius 1 is 1.50 bits per heavy atom. The fourth-order valence-electron chi connectivity index (χ4n) is 2.75. The van der Waals surface area contributed by atoms with Gasteiger partial charge in [-0.15, -0.1) is 0 Å². The summed E-state index contributed by atoms with van der Waals surface area (Å²) in [5.74, 6) is 0.435. The highest BCUT2D eigenvalue weighted by molar-refractivity contribution is 5.90. The zero-order chi connectivity index (χ0) is 15.5. The van der Waals surface area contributed by atoms with Crippen LogP contribution in [0.15, 0.2) is 24.3 Å². The number of likely N-dealkylation sites (N-methyl/N-ethyl adjacent to an activating group) is 1. The van der Waals surface area contributed by atoms with E-state index in [1.165, 1.54) is 0 Å². The SMILES string of the molecule is [2H]C([2H])([2H])Oc1cccc(C2(NCC)CCCCC2=O)c1. The summed E-state index contributed by atoms with van der Waals surface area (Å²) >= 11 is 0. The molecule has 1 unspecified atom stereocenters. The molecule has 1 aliphatic rings. The van der Waals surface area contributed by atoms with Crippen LogP contribution in [0.25, 0.3) is 0 Å². The standard InChI is InChI=1S/C15H21NO2/c1-3-16-15(10-5-4-9-14(15)17)12-7-6-8-13(11-12)18-2/h6-8,11,16H,3-5,9-10H2,1-2H3/i2D3. The van der Waals surface area contributed by atoms with Crippen LogP contribution < -0.4 is 10.1 Å². The molecule has 0 amide bonds. The monoisotopic (exact) mass is 250 g/mol. The van der Waals surface area contributed by atoms with Crippen molar-refractivity contribution in [2.75, 3.05) is 13.6 Å². The zero-order valence-corrected chi connectivity index (χ0v) is 10.7. The number of carbonyl (C=O) groups excluding carboxylic acids is 1. The molecule has 1 atom stereocenters. The highest BCUT2D eigenvalue weighted by Gasteiger charge is 2.40. The molecule has 1 aliphatic carbocycles. The number of Topliss-reactive ketones (excluding diaryl/α,β-unsaturated/α-hetero) is 1. The van der Waals surface area contributed by atoms with Gasteiger partial charge in [0.05, 0.1) is 11.2 Å². The van der Waals surface area contributed by atoms with Crippen molar-refractivity contribution in [2.45, 2.75) is 38.1 Å². The van der Waals surface area contributed by atoms with Crippen LogP contribution in [0.4, 0.5) is 0 Å². The summed E-state index contributed by atoms with van der Waals surface area (Å²) in [7, 11) is -2.49. The van der Waals surface area contributed by atoms with Gasteiger partial charge < -0.3 is 10.1 Å². The summed E-state index contributed by atoms with van der Waals surface area (Å²) in [4.78, 5) is 12.5. The van der Waals surface area contributed by atoms with E-state index in [1.807, 2.05) is 13.0 Å². The van der Waals surface area contributed by atoms with E-state index in [-0.39, 0.29) is 11.5 Å². The Labute approximate surface area is 113 Å². The first-order chi connectivity index (χ1) is 9.87. The maximum atomic E-state index is 12.5. The van der Waals surface area contributed by atoms with Crippen LogP contribution in [-0.4, -0.2) is 19.4 Å². The highest BCUT2D eigenvalue weighted by atomic mass is 16.5. The van der Waals surface area contributed by atoms with Gasteiger partial charge in [-0.05, 0) is 37.1 Å². The molecule has 1 N–H and O–H groups in total. The second kappa shape index (κ2) is 5.53. The Bertz CT molecular complexity index is 512. The van der Waals surface area contributed by atoms with Gasteiger partial charge in [0.15, 0.2) is 5.78 Å². The Balaban J connectivity index is 2.37. The lowest BCUT2D eigenvalue weighted by Crippen LogP contribution is -2.50. The molecule has 0 radical (unpaired) electrons. The molecule has 1 saturated carbocycles. The van der Waals surface area contributed by atoms with Gasteiger partial charge in [0.1, 0.15) is 11.3 Å². The molecule has 3 nitrogen and oxygen atoms in total. The molecule has 0 spiro atoms. The Hall–Kier alpha value is -1.35. The molecule has 0 heterocycles. The van der Waals surface area contributed by atoms with Crippen molar-refractivity contribution in [2.24, 2.45) is 0 Å². The minimum Gasteiger partial charge on any atom is -0.497 e. The normalized spacial score (nSPS) is 27.2. The van der Waals surface area contributed by atoms with Crippen LogP contribution in [0, 0.1) is 0 Å². The van der Waals surface area contributed by atoms with E-state index in [2.05, 4.69) is 5.32 Å². The van der Waals surface area contributed by atoms with Crippen LogP contribution in [-0.2, 0) is 10.3 Å². The van der Waals surface area contributed by atoms with Crippen LogP contribution in [0.3, 0.4) is 0 Å². The molecule has 1 aromatic rings. The topological polar surface area (TPSA) is 38.3 Å². The van der Waals surface area contributed by atoms with Gasteiger partial charge >= 0.3 is 0 Å². The number of hydrogen-bond acceptors (Lipinski definition) is 3. The van der Waals surface area contributed by atoms with Crippen molar-refractivity contribution in [3.63, 3.8) is 0 Å². The van der Waals surface area contributed by atoms with Crippen LogP contribution in [0.2, 0.25) is 0 Å². The third-order valence-electron chi connectivity index (χ3n) is 3.60. The predicted molar refractivity (Wildman–Crippen MR) is 71.8 cm³/mol. The first-order valence-corrected chi connectivity index (χ1v) is 6.45. The fourth-order valence-corrected chi connectivity index (χ4v) is 2.75. The molecule has 98 valence electrons. The summed E-state index contributed by atoms with van der Waals surface area (Å²) in [6.45, 7) is 2.64. The minimum absolute atomic E-state index is 0.168. The smallest absolute Gasteiger partial charge is 0.157 e. The molecular weight excluding hydrogens is 226 g/mol. The average molecular weight is 250 g/mol. The molecule has 0 bridgehead atoms. The summed E-state index contributed by atoms with van der Waals surface area (Å²) in [6, 6.07) is 6.86. The Morgan fingerprint density at radius 3 is 3.11 bits per heavy atom. The van der Waals surface area contributed by atoms with Gasteiger partial charge in [0.25, 0.3) is 0 Å². The predicted octanol–water partition coefficient (Wildman–Crippen LogP) is 2.64. The fraction of sp³-hybridized carbons (Fsp3) is 0.533. The quantitative estimate of drug-likeness (QED) is 0.892. The van der Waals surface area contributed by atoms with E-state index >= 15 is 0 Å². The van der Waals surface area contributed by atoms with Crippen LogP contribution in [0.1, 0.15) is 42.3 Å². The number of carbonyl (C=O) groups is 1. The maximum Gasteiger partial charge on any atom is 0.157 e. The van der Waals surface area contributed by atoms with Gasteiger partial charge in [-0.25, -0.2) is 0 Å². The number of hydrogen-bond donors (Lipinski definition) is 1. The molecular formula is C15H21NO2. The number of rotatable bonds is 4. The Morgan fingerprint density at radius 2 is 2.39 bits per heavy atom. The van der Waals surface area contributed by atoms with Crippen molar-refractivity contribution in [1.82, 2.24) is 5.32 Å². The molecule has 3 heteroatoms. The average Bonchev–Trinajstić information content (AvgIpc) is 2.40. The summed E-state index contributed by atoms with van der Waals surface area (Å²) in [5, 5.41) is 3.31. The maximum absolute atomic E-state index is 12.5. The van der Waals surface area contributed by atoms with Gasteiger partial charge in [0, 0.05) is 6.42 Å². The summed E-state index contributed by atoms with van der Waals surface area (Å²) < 4.78 is 26.5. The summed E-state index contributed by atoms with van der Waals surface area (Å²) in [5.41, 5.74) is 0.0805. The lowest BCUT2D eigenvalue weighted by molar-refractivity contribution is -0.128. The zero-order valence-electron chi connectivity index (χ0n) is 13.7. The van der Waals surface area contributed by atoms with E-state index in [1.54, 1.807) is 18.2 Å². The lowest BCUT2D eigenvalue weighted by Gasteiger charge is -2.37. The third kappa shape index (κ3) is 2.27. The molecule has 1 aromatic carbocycles. The largest absolute Gasteiger partial charge is 0.497 e. The second-order valence-electron chi connectivity index (χ2n) is 4.70. The second-order valence-corrected chi connectivity index (χ2v) is 4.70. The van der Waals surface area contributed by atoms with Crippen molar-refractivity contribution in [1.29, 1.82) is 0 Å². The number of methoxy groups -OCH3 is 1. The van der Waals surface area contributed by atoms with E-state index in [9.17, 15) is 4.79 Å². The van der Waals surface area contributed by atoms with E-state index in [4.69, 9.17) is 8.85 Å². The Kier molecular flexibility index (Phi) is 2.94. The first-order valence-electron chi connectivity index (χ1n) is 7.95. The lowest BCUT2D eigenvalue weighted by atomic mass is 9.75. The molecule has 18 heavy (non-hydrogen) atoms. The van der Waals surface area contributed by atoms with Gasteiger partial charge in [0.2, 0.25) is 0 Å². The van der Waals surface area contributed by atoms with Gasteiger partial charge in [-0.3, -0.25) is 4.79 Å². The molecule has 2 rings (SSSR count). The molecule has 0 saturated heterocycles. The number of ketones is 1. The van der Waals surface area contributed by atoms with E-state index in [0.717, 1.165) is 24.8 Å². The molecule has 0 aromatic heterocycles. The van der Waals surface area contributed by atoms with Crippen molar-refractivity contribution < 1.29 is 13.6 Å². The van der Waals surface area contributed by atoms with Gasteiger partial charge in [-0.2, -0.15) is 0 Å². The number of benzene rings is 1. The minimum atomic E-state index is -2.49. The highest BCUT2D eigenvalue weighted by Crippen LogP contribution is 2.35. The van der Waals surface area contributed by atoms with Crippen molar-refractivity contribution in [3.8, 4) is 5.75 Å². The van der Waals surface area contributed by atoms with Gasteiger partial charge in [-0.1, -0.05) is 25.5 Å². The molecule has 0 aliphatic heterocycles. The first kappa shape index (κ1) is 9.56. The van der Waals surface area contributed by atoms with Crippen LogP contribution in [0.5, 0.6) is 5.75 Å². The van der Waals surface area contributed by atoms with E-state index in [0.29, 0.717) is 13.0 Å². The number of nitrogens with one attached hydrogen (secondary N) is 1. The summed E-state index contributed by atoms with van der Waals surface area (Å²) in [6.07, 6.45) is 3.18. The van der Waals surface area contributed by atoms with Crippen molar-refractivity contribution >= 4 is 5.78 Å². The van der Waals surface area contributed by atoms with Crippen LogP contribution >= 0.6 is 0 Å².